The largest absolute Gasteiger partial charge is 0.465 e. The number of aliphatic imine (C=N–C) groups is 1. The first-order valence-corrected chi connectivity index (χ1v) is 12.9. The van der Waals surface area contributed by atoms with E-state index >= 15 is 0 Å². The summed E-state index contributed by atoms with van der Waals surface area (Å²) < 4.78 is 49.6. The Labute approximate surface area is 241 Å². The number of methoxy groups -OCH3 is 1. The normalized spacial score (nSPS) is 11.8. The number of rotatable bonds is 12. The lowest BCUT2D eigenvalue weighted by Crippen LogP contribution is -2.16. The van der Waals surface area contributed by atoms with Gasteiger partial charge in [-0.1, -0.05) is 47.6 Å². The topological polar surface area (TPSA) is 91.1 Å². The van der Waals surface area contributed by atoms with Crippen molar-refractivity contribution >= 4 is 28.8 Å². The molecule has 3 aromatic carbocycles. The molecule has 3 rings (SSSR count). The van der Waals surface area contributed by atoms with Crippen molar-refractivity contribution < 1.29 is 37.1 Å². The van der Waals surface area contributed by atoms with Gasteiger partial charge in [0.1, 0.15) is 41.7 Å². The fourth-order valence-corrected chi connectivity index (χ4v) is 3.73. The van der Waals surface area contributed by atoms with Gasteiger partial charge < -0.3 is 19.1 Å². The molecule has 0 saturated heterocycles. The second-order valence-electron chi connectivity index (χ2n) is 8.53. The molecular formula is C31H30F3N3O5. The minimum absolute atomic E-state index is 0.0250. The summed E-state index contributed by atoms with van der Waals surface area (Å²) in [5, 5.41) is 8.52. The smallest absolute Gasteiger partial charge is 0.416 e. The van der Waals surface area contributed by atoms with Crippen molar-refractivity contribution in [2.24, 2.45) is 15.3 Å². The van der Waals surface area contributed by atoms with Gasteiger partial charge in [0, 0.05) is 23.7 Å². The van der Waals surface area contributed by atoms with Gasteiger partial charge in [0.15, 0.2) is 0 Å². The molecule has 3 aromatic rings. The fourth-order valence-electron chi connectivity index (χ4n) is 3.73. The maximum absolute atomic E-state index is 13.0. The predicted molar refractivity (Wildman–Crippen MR) is 154 cm³/mol. The molecule has 0 atom stereocenters. The number of hydrogen-bond donors (Lipinski definition) is 0. The highest BCUT2D eigenvalue weighted by Gasteiger charge is 2.30. The molecule has 0 aromatic heterocycles. The zero-order valence-corrected chi connectivity index (χ0v) is 23.6. The summed E-state index contributed by atoms with van der Waals surface area (Å²) >= 11 is 0. The van der Waals surface area contributed by atoms with E-state index in [0.717, 1.165) is 12.1 Å². The number of alkyl halides is 3. The molecule has 220 valence electrons. The highest BCUT2D eigenvalue weighted by Crippen LogP contribution is 2.32. The average molecular weight is 582 g/mol. The Morgan fingerprint density at radius 2 is 1.64 bits per heavy atom. The number of esters is 1. The van der Waals surface area contributed by atoms with Crippen LogP contribution in [0.5, 0.6) is 11.5 Å². The first-order chi connectivity index (χ1) is 20.2. The summed E-state index contributed by atoms with van der Waals surface area (Å²) in [6.07, 6.45) is -4.04. The predicted octanol–water partition coefficient (Wildman–Crippen LogP) is 7.08. The van der Waals surface area contributed by atoms with E-state index in [-0.39, 0.29) is 17.9 Å². The van der Waals surface area contributed by atoms with E-state index in [1.165, 1.54) is 26.3 Å². The Balaban J connectivity index is 1.83. The van der Waals surface area contributed by atoms with E-state index in [1.807, 2.05) is 6.92 Å². The molecule has 0 saturated carbocycles. The quantitative estimate of drug-likeness (QED) is 0.0987. The first kappa shape index (κ1) is 31.6. The van der Waals surface area contributed by atoms with Crippen molar-refractivity contribution in [1.82, 2.24) is 0 Å². The van der Waals surface area contributed by atoms with Gasteiger partial charge in [-0.15, -0.1) is 0 Å². The second-order valence-corrected chi connectivity index (χ2v) is 8.53. The van der Waals surface area contributed by atoms with E-state index in [4.69, 9.17) is 19.1 Å². The van der Waals surface area contributed by atoms with Crippen LogP contribution in [0.3, 0.4) is 0 Å². The Hall–Kier alpha value is -4.89. The van der Waals surface area contributed by atoms with E-state index in [2.05, 4.69) is 21.2 Å². The Kier molecular flexibility index (Phi) is 11.5. The third-order valence-corrected chi connectivity index (χ3v) is 5.71. The number of ether oxygens (including phenoxy) is 2. The molecule has 8 nitrogen and oxygen atoms in total. The summed E-state index contributed by atoms with van der Waals surface area (Å²) in [7, 11) is 2.78. The lowest BCUT2D eigenvalue weighted by molar-refractivity contribution is -0.137. The van der Waals surface area contributed by atoms with Crippen LogP contribution in [0.15, 0.2) is 88.1 Å². The van der Waals surface area contributed by atoms with Crippen LogP contribution >= 0.6 is 0 Å². The molecule has 0 spiro atoms. The standard InChI is InChI=1S/C31H30F3N3O5/c1-5-28(36-41-20-22-10-7-8-13-26(22)27(19-35-3)30(38)39-4)29(37-40-6-2)21-14-16-24(17-15-21)42-25-12-9-11-23(18-25)31(32,33)34/h7-18H,5-6,20H2,1-4H3/b36-28+,37-29+. The lowest BCUT2D eigenvalue weighted by Gasteiger charge is -2.12. The number of benzene rings is 3. The molecule has 11 heteroatoms. The number of oxime groups is 2. The molecule has 0 aliphatic rings. The van der Waals surface area contributed by atoms with Crippen molar-refractivity contribution in [1.29, 1.82) is 0 Å². The molecule has 0 fully saturated rings. The van der Waals surface area contributed by atoms with Gasteiger partial charge in [0.2, 0.25) is 0 Å². The maximum atomic E-state index is 13.0. The third kappa shape index (κ3) is 8.55. The molecule has 0 radical (unpaired) electrons. The monoisotopic (exact) mass is 581 g/mol. The molecule has 0 N–H and O–H groups in total. The number of hydrogen-bond acceptors (Lipinski definition) is 8. The van der Waals surface area contributed by atoms with Gasteiger partial charge in [0.05, 0.1) is 12.7 Å². The van der Waals surface area contributed by atoms with Gasteiger partial charge in [-0.2, -0.15) is 13.2 Å². The minimum Gasteiger partial charge on any atom is -0.465 e. The molecule has 0 amide bonds. The SMILES string of the molecule is CCO/N=C(/C(CC)=N/OCc1ccccc1C(=C=NC)C(=O)OC)c1ccc(Oc2cccc(C(F)(F)F)c2)cc1. The molecular weight excluding hydrogens is 551 g/mol. The molecule has 0 aliphatic heterocycles. The molecule has 0 bridgehead atoms. The highest BCUT2D eigenvalue weighted by molar-refractivity contribution is 6.48. The van der Waals surface area contributed by atoms with Crippen molar-refractivity contribution in [3.63, 3.8) is 0 Å². The van der Waals surface area contributed by atoms with Crippen molar-refractivity contribution in [2.45, 2.75) is 33.1 Å². The van der Waals surface area contributed by atoms with Crippen LogP contribution in [-0.2, 0) is 32.0 Å². The second kappa shape index (κ2) is 15.2. The van der Waals surface area contributed by atoms with Gasteiger partial charge in [0.25, 0.3) is 0 Å². The third-order valence-electron chi connectivity index (χ3n) is 5.71. The maximum Gasteiger partial charge on any atom is 0.416 e. The van der Waals surface area contributed by atoms with Crippen molar-refractivity contribution in [2.75, 3.05) is 20.8 Å². The number of halogens is 3. The molecule has 0 heterocycles. The lowest BCUT2D eigenvalue weighted by atomic mass is 10.0. The van der Waals surface area contributed by atoms with Crippen LogP contribution in [0.1, 0.15) is 42.5 Å². The summed E-state index contributed by atoms with van der Waals surface area (Å²) in [6.45, 7) is 4.00. The van der Waals surface area contributed by atoms with Gasteiger partial charge >= 0.3 is 12.1 Å². The Morgan fingerprint density at radius 1 is 0.905 bits per heavy atom. The first-order valence-electron chi connectivity index (χ1n) is 12.9. The van der Waals surface area contributed by atoms with E-state index in [0.29, 0.717) is 46.9 Å². The number of carbonyl (C=O) groups is 1. The average Bonchev–Trinajstić information content (AvgIpc) is 2.99. The zero-order chi connectivity index (χ0) is 30.5. The number of nitrogens with zero attached hydrogens (tertiary/aromatic N) is 3. The van der Waals surface area contributed by atoms with Crippen LogP contribution in [-0.4, -0.2) is 44.0 Å². The van der Waals surface area contributed by atoms with Crippen LogP contribution in [0.2, 0.25) is 0 Å². The van der Waals surface area contributed by atoms with E-state index in [9.17, 15) is 18.0 Å². The van der Waals surface area contributed by atoms with Crippen LogP contribution < -0.4 is 4.74 Å². The van der Waals surface area contributed by atoms with E-state index in [1.54, 1.807) is 55.5 Å². The van der Waals surface area contributed by atoms with Crippen LogP contribution in [0, 0.1) is 0 Å². The number of carbonyl (C=O) groups excluding carboxylic acids is 1. The van der Waals surface area contributed by atoms with Crippen molar-refractivity contribution in [3.05, 3.63) is 95.1 Å². The summed E-state index contributed by atoms with van der Waals surface area (Å²) in [6, 6.07) is 18.3. The summed E-state index contributed by atoms with van der Waals surface area (Å²) in [5.41, 5.74) is 2.07. The highest BCUT2D eigenvalue weighted by atomic mass is 19.4. The van der Waals surface area contributed by atoms with Gasteiger partial charge in [-0.25, -0.2) is 9.79 Å². The van der Waals surface area contributed by atoms with E-state index < -0.39 is 17.7 Å². The van der Waals surface area contributed by atoms with Crippen LogP contribution in [0.4, 0.5) is 13.2 Å². The van der Waals surface area contributed by atoms with Gasteiger partial charge in [-0.3, -0.25) is 0 Å². The Bertz CT molecular complexity index is 1490. The van der Waals surface area contributed by atoms with Crippen molar-refractivity contribution in [3.8, 4) is 11.5 Å². The summed E-state index contributed by atoms with van der Waals surface area (Å²) in [4.78, 5) is 27.1. The minimum atomic E-state index is -4.47. The molecule has 0 aliphatic carbocycles. The Morgan fingerprint density at radius 3 is 2.29 bits per heavy atom. The van der Waals surface area contributed by atoms with Gasteiger partial charge in [-0.05, 0) is 61.7 Å². The fraction of sp³-hybridized carbons (Fsp3) is 0.258. The summed E-state index contributed by atoms with van der Waals surface area (Å²) in [5.74, 6) is 2.48. The molecule has 0 unspecified atom stereocenters. The van der Waals surface area contributed by atoms with Crippen LogP contribution in [0.25, 0.3) is 5.57 Å². The zero-order valence-electron chi connectivity index (χ0n) is 23.6. The molecule has 42 heavy (non-hydrogen) atoms.